The van der Waals surface area contributed by atoms with Crippen molar-refractivity contribution < 1.29 is 9.90 Å². The van der Waals surface area contributed by atoms with Crippen LogP contribution in [0.5, 0.6) is 0 Å². The van der Waals surface area contributed by atoms with Crippen molar-refractivity contribution in [2.75, 3.05) is 13.6 Å². The third-order valence-corrected chi connectivity index (χ3v) is 4.15. The van der Waals surface area contributed by atoms with E-state index < -0.39 is 5.97 Å². The number of carboxylic acids is 1. The first kappa shape index (κ1) is 14.0. The van der Waals surface area contributed by atoms with Crippen LogP contribution in [0.2, 0.25) is 0 Å². The maximum atomic E-state index is 10.9. The van der Waals surface area contributed by atoms with Crippen molar-refractivity contribution in [2.24, 2.45) is 5.92 Å². The van der Waals surface area contributed by atoms with Crippen LogP contribution >= 0.6 is 0 Å². The molecule has 1 aromatic heterocycles. The van der Waals surface area contributed by atoms with Crippen molar-refractivity contribution in [3.05, 3.63) is 30.1 Å². The second kappa shape index (κ2) is 6.66. The van der Waals surface area contributed by atoms with E-state index >= 15 is 0 Å². The van der Waals surface area contributed by atoms with Crippen LogP contribution in [-0.2, 0) is 11.2 Å². The van der Waals surface area contributed by atoms with Gasteiger partial charge in [-0.2, -0.15) is 0 Å². The first-order valence-corrected chi connectivity index (χ1v) is 6.99. The predicted molar refractivity (Wildman–Crippen MR) is 74.0 cm³/mol. The molecule has 1 fully saturated rings. The van der Waals surface area contributed by atoms with Crippen LogP contribution in [0.3, 0.4) is 0 Å². The highest BCUT2D eigenvalue weighted by atomic mass is 16.4. The highest BCUT2D eigenvalue weighted by Gasteiger charge is 2.27. The Morgan fingerprint density at radius 3 is 2.74 bits per heavy atom. The average Bonchev–Trinajstić information content (AvgIpc) is 2.46. The Bertz CT molecular complexity index is 400. The summed E-state index contributed by atoms with van der Waals surface area (Å²) >= 11 is 0. The zero-order valence-corrected chi connectivity index (χ0v) is 11.5. The molecular formula is C15H22N2O2. The molecule has 19 heavy (non-hydrogen) atoms. The van der Waals surface area contributed by atoms with Crippen LogP contribution < -0.4 is 0 Å². The average molecular weight is 262 g/mol. The number of aliphatic carboxylic acids is 1. The van der Waals surface area contributed by atoms with Crippen molar-refractivity contribution in [1.29, 1.82) is 0 Å². The molecule has 0 unspecified atom stereocenters. The summed E-state index contributed by atoms with van der Waals surface area (Å²) in [5, 5.41) is 8.99. The molecule has 0 spiro atoms. The van der Waals surface area contributed by atoms with E-state index in [0.717, 1.165) is 38.6 Å². The van der Waals surface area contributed by atoms with Gasteiger partial charge < -0.3 is 10.0 Å². The van der Waals surface area contributed by atoms with E-state index in [1.807, 2.05) is 12.3 Å². The minimum Gasteiger partial charge on any atom is -0.481 e. The Labute approximate surface area is 114 Å². The Morgan fingerprint density at radius 1 is 1.42 bits per heavy atom. The van der Waals surface area contributed by atoms with Crippen molar-refractivity contribution in [3.63, 3.8) is 0 Å². The first-order chi connectivity index (χ1) is 9.16. The summed E-state index contributed by atoms with van der Waals surface area (Å²) < 4.78 is 0. The quantitative estimate of drug-likeness (QED) is 0.884. The van der Waals surface area contributed by atoms with E-state index in [-0.39, 0.29) is 5.92 Å². The summed E-state index contributed by atoms with van der Waals surface area (Å²) in [6.45, 7) is 1.01. The molecule has 2 rings (SSSR count). The minimum absolute atomic E-state index is 0.122. The van der Waals surface area contributed by atoms with Gasteiger partial charge in [-0.05, 0) is 50.8 Å². The van der Waals surface area contributed by atoms with Gasteiger partial charge in [-0.25, -0.2) is 0 Å². The Balaban J connectivity index is 1.75. The number of nitrogens with zero attached hydrogens (tertiary/aromatic N) is 2. The monoisotopic (exact) mass is 262 g/mol. The Kier molecular flexibility index (Phi) is 4.91. The van der Waals surface area contributed by atoms with Gasteiger partial charge in [-0.1, -0.05) is 6.07 Å². The fraction of sp³-hybridized carbons (Fsp3) is 0.600. The van der Waals surface area contributed by atoms with Crippen LogP contribution in [-0.4, -0.2) is 40.6 Å². The summed E-state index contributed by atoms with van der Waals surface area (Å²) in [5.74, 6) is -0.751. The highest BCUT2D eigenvalue weighted by molar-refractivity contribution is 5.70. The zero-order valence-electron chi connectivity index (χ0n) is 11.5. The molecule has 0 aliphatic heterocycles. The minimum atomic E-state index is -0.628. The van der Waals surface area contributed by atoms with Gasteiger partial charge in [0.05, 0.1) is 5.92 Å². The molecule has 0 radical (unpaired) electrons. The molecule has 1 aliphatic rings. The van der Waals surface area contributed by atoms with Gasteiger partial charge in [-0.15, -0.1) is 0 Å². The molecule has 0 amide bonds. The number of hydrogen-bond donors (Lipinski definition) is 1. The lowest BCUT2D eigenvalue weighted by molar-refractivity contribution is -0.143. The van der Waals surface area contributed by atoms with Gasteiger partial charge in [-0.3, -0.25) is 9.78 Å². The summed E-state index contributed by atoms with van der Waals surface area (Å²) in [4.78, 5) is 17.4. The molecule has 1 saturated carbocycles. The molecule has 0 saturated heterocycles. The maximum Gasteiger partial charge on any atom is 0.306 e. The van der Waals surface area contributed by atoms with Gasteiger partial charge in [0.25, 0.3) is 0 Å². The molecule has 4 heteroatoms. The molecular weight excluding hydrogens is 240 g/mol. The molecule has 4 nitrogen and oxygen atoms in total. The summed E-state index contributed by atoms with van der Waals surface area (Å²) in [6.07, 6.45) is 8.34. The maximum absolute atomic E-state index is 10.9. The van der Waals surface area contributed by atoms with Crippen molar-refractivity contribution >= 4 is 5.97 Å². The molecule has 0 atom stereocenters. The first-order valence-electron chi connectivity index (χ1n) is 6.99. The molecule has 1 aliphatic carbocycles. The van der Waals surface area contributed by atoms with E-state index in [9.17, 15) is 4.79 Å². The van der Waals surface area contributed by atoms with Gasteiger partial charge in [0.15, 0.2) is 0 Å². The summed E-state index contributed by atoms with van der Waals surface area (Å²) in [7, 11) is 2.14. The second-order valence-electron chi connectivity index (χ2n) is 5.44. The molecule has 0 bridgehead atoms. The predicted octanol–water partition coefficient (Wildman–Crippen LogP) is 2.20. The SMILES string of the molecule is CN(CCc1cccnc1)C1CCC(C(=O)O)CC1. The van der Waals surface area contributed by atoms with E-state index in [1.165, 1.54) is 5.56 Å². The number of pyridine rings is 1. The lowest BCUT2D eigenvalue weighted by Crippen LogP contribution is -2.37. The van der Waals surface area contributed by atoms with Gasteiger partial charge in [0.1, 0.15) is 0 Å². The van der Waals surface area contributed by atoms with Crippen molar-refractivity contribution in [3.8, 4) is 0 Å². The van der Waals surface area contributed by atoms with E-state index in [2.05, 4.69) is 23.0 Å². The van der Waals surface area contributed by atoms with Crippen molar-refractivity contribution in [2.45, 2.75) is 38.1 Å². The number of carbonyl (C=O) groups is 1. The third kappa shape index (κ3) is 4.03. The van der Waals surface area contributed by atoms with E-state index in [1.54, 1.807) is 6.20 Å². The number of likely N-dealkylation sites (N-methyl/N-ethyl adjacent to an activating group) is 1. The molecule has 1 aromatic rings. The zero-order chi connectivity index (χ0) is 13.7. The van der Waals surface area contributed by atoms with Crippen LogP contribution in [0.4, 0.5) is 0 Å². The largest absolute Gasteiger partial charge is 0.481 e. The molecule has 1 N–H and O–H groups in total. The number of rotatable bonds is 5. The lowest BCUT2D eigenvalue weighted by atomic mass is 9.85. The lowest BCUT2D eigenvalue weighted by Gasteiger charge is -2.33. The third-order valence-electron chi connectivity index (χ3n) is 4.15. The smallest absolute Gasteiger partial charge is 0.306 e. The highest BCUT2D eigenvalue weighted by Crippen LogP contribution is 2.27. The summed E-state index contributed by atoms with van der Waals surface area (Å²) in [5.41, 5.74) is 1.26. The summed E-state index contributed by atoms with van der Waals surface area (Å²) in [6, 6.07) is 4.60. The number of carboxylic acid groups (broad SMARTS) is 1. The fourth-order valence-corrected chi connectivity index (χ4v) is 2.80. The van der Waals surface area contributed by atoms with Gasteiger partial charge >= 0.3 is 5.97 Å². The van der Waals surface area contributed by atoms with Crippen LogP contribution in [0.25, 0.3) is 0 Å². The van der Waals surface area contributed by atoms with Gasteiger partial charge in [0.2, 0.25) is 0 Å². The van der Waals surface area contributed by atoms with Crippen molar-refractivity contribution in [1.82, 2.24) is 9.88 Å². The van der Waals surface area contributed by atoms with Crippen LogP contribution in [0, 0.1) is 5.92 Å². The molecule has 104 valence electrons. The fourth-order valence-electron chi connectivity index (χ4n) is 2.80. The normalized spacial score (nSPS) is 23.5. The molecule has 0 aromatic carbocycles. The van der Waals surface area contributed by atoms with Crippen LogP contribution in [0.1, 0.15) is 31.2 Å². The molecule has 1 heterocycles. The van der Waals surface area contributed by atoms with E-state index in [4.69, 9.17) is 5.11 Å². The topological polar surface area (TPSA) is 53.4 Å². The van der Waals surface area contributed by atoms with Gasteiger partial charge in [0, 0.05) is 25.0 Å². The number of hydrogen-bond acceptors (Lipinski definition) is 3. The second-order valence-corrected chi connectivity index (χ2v) is 5.44. The standard InChI is InChI=1S/C15H22N2O2/c1-17(10-8-12-3-2-9-16-11-12)14-6-4-13(5-7-14)15(18)19/h2-3,9,11,13-14H,4-8,10H2,1H3,(H,18,19). The Hall–Kier alpha value is -1.42. The Morgan fingerprint density at radius 2 is 2.16 bits per heavy atom. The van der Waals surface area contributed by atoms with E-state index in [0.29, 0.717) is 6.04 Å². The van der Waals surface area contributed by atoms with Crippen LogP contribution in [0.15, 0.2) is 24.5 Å². The number of aromatic nitrogens is 1.